The van der Waals surface area contributed by atoms with Gasteiger partial charge in [-0.15, -0.1) is 24.8 Å². The Kier molecular flexibility index (Phi) is 14.4. The molecule has 5 nitrogen and oxygen atoms in total. The van der Waals surface area contributed by atoms with Gasteiger partial charge in [-0.05, 0) is 19.2 Å². The Morgan fingerprint density at radius 1 is 0.913 bits per heavy atom. The Labute approximate surface area is 152 Å². The highest BCUT2D eigenvalue weighted by molar-refractivity contribution is 5.85. The molecule has 0 unspecified atom stereocenters. The number of nitrogens with zero attached hydrogens (tertiary/aromatic N) is 1. The minimum absolute atomic E-state index is 0. The summed E-state index contributed by atoms with van der Waals surface area (Å²) in [4.78, 5) is 2.39. The van der Waals surface area contributed by atoms with Gasteiger partial charge in [0.1, 0.15) is 0 Å². The monoisotopic (exact) mass is 368 g/mol. The van der Waals surface area contributed by atoms with E-state index in [2.05, 4.69) is 24.1 Å². The van der Waals surface area contributed by atoms with Crippen LogP contribution < -0.4 is 19.5 Å². The zero-order valence-corrected chi connectivity index (χ0v) is 16.3. The van der Waals surface area contributed by atoms with E-state index in [0.29, 0.717) is 11.5 Å². The molecule has 0 radical (unpaired) electrons. The number of likely N-dealkylation sites (N-methyl/N-ethyl adjacent to an activating group) is 1. The number of ether oxygens (including phenoxy) is 3. The summed E-state index contributed by atoms with van der Waals surface area (Å²) >= 11 is 0. The molecule has 1 N–H and O–H groups in total. The van der Waals surface area contributed by atoms with E-state index >= 15 is 0 Å². The Balaban J connectivity index is 0. The van der Waals surface area contributed by atoms with E-state index in [1.54, 1.807) is 21.3 Å². The minimum atomic E-state index is 0. The summed E-state index contributed by atoms with van der Waals surface area (Å²) < 4.78 is 16.2. The fraction of sp³-hybridized carbons (Fsp3) is 0.625. The number of halogens is 2. The van der Waals surface area contributed by atoms with E-state index in [-0.39, 0.29) is 24.8 Å². The lowest BCUT2D eigenvalue weighted by molar-refractivity contribution is 0.301. The van der Waals surface area contributed by atoms with Crippen LogP contribution in [0, 0.1) is 0 Å². The van der Waals surface area contributed by atoms with Gasteiger partial charge in [-0.1, -0.05) is 19.9 Å². The summed E-state index contributed by atoms with van der Waals surface area (Å²) in [5, 5.41) is 3.45. The molecule has 1 rings (SSSR count). The maximum absolute atomic E-state index is 5.47. The van der Waals surface area contributed by atoms with Crippen molar-refractivity contribution < 1.29 is 14.2 Å². The predicted molar refractivity (Wildman–Crippen MR) is 100 cm³/mol. The summed E-state index contributed by atoms with van der Waals surface area (Å²) in [6.07, 6.45) is 0. The Morgan fingerprint density at radius 2 is 1.52 bits per heavy atom. The predicted octanol–water partition coefficient (Wildman–Crippen LogP) is 2.99. The molecule has 0 aliphatic carbocycles. The number of hydrogen-bond acceptors (Lipinski definition) is 5. The number of nitrogens with one attached hydrogen (secondary N) is 1. The largest absolute Gasteiger partial charge is 0.493 e. The molecule has 0 saturated heterocycles. The molecule has 0 amide bonds. The number of benzene rings is 1. The van der Waals surface area contributed by atoms with E-state index in [9.17, 15) is 0 Å². The fourth-order valence-corrected chi connectivity index (χ4v) is 2.30. The molecule has 0 aliphatic rings. The minimum Gasteiger partial charge on any atom is -0.493 e. The van der Waals surface area contributed by atoms with Crippen LogP contribution in [0.1, 0.15) is 19.4 Å². The summed E-state index contributed by atoms with van der Waals surface area (Å²) in [6.45, 7) is 9.25. The van der Waals surface area contributed by atoms with Crippen LogP contribution >= 0.6 is 24.8 Å². The van der Waals surface area contributed by atoms with Crippen molar-refractivity contribution in [1.29, 1.82) is 0 Å². The molecule has 23 heavy (non-hydrogen) atoms. The van der Waals surface area contributed by atoms with Crippen LogP contribution in [0.3, 0.4) is 0 Å². The van der Waals surface area contributed by atoms with Gasteiger partial charge in [0.05, 0.1) is 21.3 Å². The normalized spacial score (nSPS) is 9.83. The third-order valence-corrected chi connectivity index (χ3v) is 3.60. The van der Waals surface area contributed by atoms with Crippen molar-refractivity contribution in [1.82, 2.24) is 10.2 Å². The Morgan fingerprint density at radius 3 is 2.00 bits per heavy atom. The van der Waals surface area contributed by atoms with Crippen molar-refractivity contribution in [3.63, 3.8) is 0 Å². The van der Waals surface area contributed by atoms with E-state index in [1.807, 2.05) is 12.1 Å². The first-order chi connectivity index (χ1) is 10.2. The first-order valence-corrected chi connectivity index (χ1v) is 7.42. The SMILES string of the molecule is CCN(CC)CCNCc1ccc(OC)c(OC)c1OC.Cl.Cl. The highest BCUT2D eigenvalue weighted by Gasteiger charge is 2.15. The van der Waals surface area contributed by atoms with Crippen LogP contribution in [0.25, 0.3) is 0 Å². The summed E-state index contributed by atoms with van der Waals surface area (Å²) in [5.41, 5.74) is 1.06. The molecular formula is C16H30Cl2N2O3. The maximum atomic E-state index is 5.47. The zero-order valence-electron chi connectivity index (χ0n) is 14.7. The molecule has 0 fully saturated rings. The summed E-state index contributed by atoms with van der Waals surface area (Å²) in [5.74, 6) is 2.05. The summed E-state index contributed by atoms with van der Waals surface area (Å²) in [7, 11) is 4.90. The molecule has 0 aliphatic heterocycles. The fourth-order valence-electron chi connectivity index (χ4n) is 2.30. The van der Waals surface area contributed by atoms with Crippen LogP contribution in [0.5, 0.6) is 17.2 Å². The average molecular weight is 369 g/mol. The third-order valence-electron chi connectivity index (χ3n) is 3.60. The van der Waals surface area contributed by atoms with E-state index in [0.717, 1.165) is 44.0 Å². The smallest absolute Gasteiger partial charge is 0.203 e. The van der Waals surface area contributed by atoms with Gasteiger partial charge in [-0.25, -0.2) is 0 Å². The first kappa shape index (κ1) is 24.4. The highest BCUT2D eigenvalue weighted by Crippen LogP contribution is 2.39. The molecule has 7 heteroatoms. The van der Waals surface area contributed by atoms with Crippen LogP contribution in [0.4, 0.5) is 0 Å². The number of rotatable bonds is 10. The topological polar surface area (TPSA) is 43.0 Å². The lowest BCUT2D eigenvalue weighted by atomic mass is 10.1. The van der Waals surface area contributed by atoms with Crippen molar-refractivity contribution in [3.05, 3.63) is 17.7 Å². The molecule has 0 atom stereocenters. The average Bonchev–Trinajstić information content (AvgIpc) is 2.53. The number of methoxy groups -OCH3 is 3. The lowest BCUT2D eigenvalue weighted by Gasteiger charge is -2.19. The zero-order chi connectivity index (χ0) is 15.7. The van der Waals surface area contributed by atoms with Gasteiger partial charge < -0.3 is 24.4 Å². The van der Waals surface area contributed by atoms with Gasteiger partial charge in [0.15, 0.2) is 11.5 Å². The van der Waals surface area contributed by atoms with Gasteiger partial charge in [0.25, 0.3) is 0 Å². The van der Waals surface area contributed by atoms with Gasteiger partial charge >= 0.3 is 0 Å². The third kappa shape index (κ3) is 7.04. The Bertz CT molecular complexity index is 430. The highest BCUT2D eigenvalue weighted by atomic mass is 35.5. The van der Waals surface area contributed by atoms with Crippen LogP contribution in [0.2, 0.25) is 0 Å². The molecule has 0 aromatic heterocycles. The second-order valence-electron chi connectivity index (χ2n) is 4.70. The number of hydrogen-bond donors (Lipinski definition) is 1. The first-order valence-electron chi connectivity index (χ1n) is 7.42. The van der Waals surface area contributed by atoms with Gasteiger partial charge in [-0.2, -0.15) is 0 Å². The molecule has 136 valence electrons. The van der Waals surface area contributed by atoms with Crippen molar-refractivity contribution in [2.75, 3.05) is 47.5 Å². The van der Waals surface area contributed by atoms with Gasteiger partial charge in [-0.3, -0.25) is 0 Å². The van der Waals surface area contributed by atoms with Gasteiger partial charge in [0, 0.05) is 25.2 Å². The second kappa shape index (κ2) is 13.5. The maximum Gasteiger partial charge on any atom is 0.203 e. The van der Waals surface area contributed by atoms with Crippen LogP contribution in [-0.2, 0) is 6.54 Å². The summed E-state index contributed by atoms with van der Waals surface area (Å²) in [6, 6.07) is 3.91. The van der Waals surface area contributed by atoms with E-state index in [4.69, 9.17) is 14.2 Å². The van der Waals surface area contributed by atoms with Crippen molar-refractivity contribution in [2.24, 2.45) is 0 Å². The van der Waals surface area contributed by atoms with Gasteiger partial charge in [0.2, 0.25) is 5.75 Å². The van der Waals surface area contributed by atoms with Crippen molar-refractivity contribution in [3.8, 4) is 17.2 Å². The molecule has 1 aromatic carbocycles. The Hall–Kier alpha value is -0.880. The molecular weight excluding hydrogens is 339 g/mol. The molecule has 1 aromatic rings. The molecule has 0 spiro atoms. The van der Waals surface area contributed by atoms with Crippen molar-refractivity contribution in [2.45, 2.75) is 20.4 Å². The van der Waals surface area contributed by atoms with Crippen molar-refractivity contribution >= 4 is 24.8 Å². The molecule has 0 saturated carbocycles. The second-order valence-corrected chi connectivity index (χ2v) is 4.70. The standard InChI is InChI=1S/C16H28N2O3.2ClH/c1-6-18(7-2)11-10-17-12-13-8-9-14(19-3)16(21-5)15(13)20-4;;/h8-9,17H,6-7,10-12H2,1-5H3;2*1H. The molecule has 0 bridgehead atoms. The van der Waals surface area contributed by atoms with Crippen LogP contribution in [-0.4, -0.2) is 52.4 Å². The van der Waals surface area contributed by atoms with E-state index in [1.165, 1.54) is 0 Å². The van der Waals surface area contributed by atoms with Crippen LogP contribution in [0.15, 0.2) is 12.1 Å². The lowest BCUT2D eigenvalue weighted by Crippen LogP contribution is -2.31. The van der Waals surface area contributed by atoms with E-state index < -0.39 is 0 Å². The quantitative estimate of drug-likeness (QED) is 0.643. The molecule has 0 heterocycles.